The van der Waals surface area contributed by atoms with Crippen LogP contribution in [0.3, 0.4) is 0 Å². The van der Waals surface area contributed by atoms with Crippen LogP contribution in [0.15, 0.2) is 18.2 Å². The van der Waals surface area contributed by atoms with Gasteiger partial charge in [0.25, 0.3) is 0 Å². The average molecular weight is 356 g/mol. The molecular formula is C14H11Cl2N3S2. The number of nitrogens with two attached hydrogens (primary N) is 1. The summed E-state index contributed by atoms with van der Waals surface area (Å²) in [5.74, 6) is 0.637. The van der Waals surface area contributed by atoms with Gasteiger partial charge in [0.05, 0.1) is 21.8 Å². The largest absolute Gasteiger partial charge is 0.323 e. The Morgan fingerprint density at radius 1 is 1.14 bits per heavy atom. The minimum atomic E-state index is 0.138. The van der Waals surface area contributed by atoms with Crippen molar-refractivity contribution in [1.82, 2.24) is 8.75 Å². The molecule has 3 nitrogen and oxygen atoms in total. The van der Waals surface area contributed by atoms with Crippen LogP contribution in [0.1, 0.15) is 23.8 Å². The van der Waals surface area contributed by atoms with Crippen molar-refractivity contribution in [3.63, 3.8) is 0 Å². The van der Waals surface area contributed by atoms with Gasteiger partial charge in [0.2, 0.25) is 0 Å². The van der Waals surface area contributed by atoms with Crippen LogP contribution < -0.4 is 5.73 Å². The predicted molar refractivity (Wildman–Crippen MR) is 90.4 cm³/mol. The van der Waals surface area contributed by atoms with E-state index < -0.39 is 0 Å². The number of thiophene rings is 1. The van der Waals surface area contributed by atoms with Gasteiger partial charge in [0.15, 0.2) is 0 Å². The van der Waals surface area contributed by atoms with E-state index >= 15 is 0 Å². The number of fused-ring (bicyclic) bond motifs is 1. The number of hydrogen-bond donors (Lipinski definition) is 1. The van der Waals surface area contributed by atoms with E-state index in [0.29, 0.717) is 21.5 Å². The Bertz CT molecular complexity index is 823. The van der Waals surface area contributed by atoms with Crippen molar-refractivity contribution in [2.24, 2.45) is 11.7 Å². The molecule has 2 heterocycles. The lowest BCUT2D eigenvalue weighted by Crippen LogP contribution is -2.10. The van der Waals surface area contributed by atoms with Crippen LogP contribution in [0.25, 0.3) is 21.5 Å². The Labute approximate surface area is 140 Å². The number of rotatable bonds is 3. The lowest BCUT2D eigenvalue weighted by molar-refractivity contribution is 0.645. The molecule has 0 radical (unpaired) electrons. The summed E-state index contributed by atoms with van der Waals surface area (Å²) in [7, 11) is 0. The van der Waals surface area contributed by atoms with Crippen molar-refractivity contribution in [3.8, 4) is 10.4 Å². The highest BCUT2D eigenvalue weighted by Crippen LogP contribution is 2.45. The second-order valence-corrected chi connectivity index (χ2v) is 7.70. The first-order valence-corrected chi connectivity index (χ1v) is 8.91. The summed E-state index contributed by atoms with van der Waals surface area (Å²) in [4.78, 5) is 2.27. The number of benzene rings is 1. The van der Waals surface area contributed by atoms with E-state index in [1.807, 2.05) is 0 Å². The molecule has 7 heteroatoms. The first-order chi connectivity index (χ1) is 10.1. The van der Waals surface area contributed by atoms with Gasteiger partial charge in [-0.25, -0.2) is 0 Å². The maximum atomic E-state index is 6.39. The molecule has 1 aliphatic rings. The zero-order valence-corrected chi connectivity index (χ0v) is 14.0. The van der Waals surface area contributed by atoms with Crippen LogP contribution in [0.2, 0.25) is 10.0 Å². The summed E-state index contributed by atoms with van der Waals surface area (Å²) in [5, 5.41) is 1.15. The fourth-order valence-electron chi connectivity index (χ4n) is 2.46. The average Bonchev–Trinajstić information content (AvgIpc) is 2.99. The van der Waals surface area contributed by atoms with E-state index in [4.69, 9.17) is 28.9 Å². The Morgan fingerprint density at radius 3 is 2.67 bits per heavy atom. The smallest absolute Gasteiger partial charge is 0.124 e. The maximum absolute atomic E-state index is 6.39. The third-order valence-electron chi connectivity index (χ3n) is 3.78. The van der Waals surface area contributed by atoms with Gasteiger partial charge in [-0.15, -0.1) is 11.3 Å². The minimum absolute atomic E-state index is 0.138. The molecule has 108 valence electrons. The van der Waals surface area contributed by atoms with E-state index in [1.54, 1.807) is 17.4 Å². The minimum Gasteiger partial charge on any atom is -0.323 e. The highest BCUT2D eigenvalue weighted by Gasteiger charge is 2.30. The molecule has 1 fully saturated rings. The Morgan fingerprint density at radius 2 is 1.90 bits per heavy atom. The molecule has 2 aromatic heterocycles. The zero-order valence-electron chi connectivity index (χ0n) is 10.8. The van der Waals surface area contributed by atoms with E-state index in [2.05, 4.69) is 20.9 Å². The lowest BCUT2D eigenvalue weighted by atomic mass is 10.1. The second-order valence-electron chi connectivity index (χ2n) is 5.24. The molecule has 0 spiro atoms. The van der Waals surface area contributed by atoms with Crippen molar-refractivity contribution in [1.29, 1.82) is 0 Å². The van der Waals surface area contributed by atoms with Crippen LogP contribution in [0, 0.1) is 5.92 Å². The van der Waals surface area contributed by atoms with Crippen LogP contribution >= 0.6 is 46.3 Å². The van der Waals surface area contributed by atoms with Gasteiger partial charge in [0, 0.05) is 21.4 Å². The lowest BCUT2D eigenvalue weighted by Gasteiger charge is -2.07. The fraction of sp³-hybridized carbons (Fsp3) is 0.286. The maximum Gasteiger partial charge on any atom is 0.124 e. The molecule has 1 unspecified atom stereocenters. The van der Waals surface area contributed by atoms with Gasteiger partial charge < -0.3 is 5.73 Å². The molecule has 21 heavy (non-hydrogen) atoms. The molecule has 0 bridgehead atoms. The summed E-state index contributed by atoms with van der Waals surface area (Å²) in [5.41, 5.74) is 8.66. The summed E-state index contributed by atoms with van der Waals surface area (Å²) >= 11 is 15.4. The third-order valence-corrected chi connectivity index (χ3v) is 6.09. The van der Waals surface area contributed by atoms with E-state index in [-0.39, 0.29) is 6.04 Å². The summed E-state index contributed by atoms with van der Waals surface area (Å²) in [6.45, 7) is 0. The molecule has 0 aliphatic heterocycles. The van der Waals surface area contributed by atoms with E-state index in [9.17, 15) is 0 Å². The van der Waals surface area contributed by atoms with Crippen LogP contribution in [0.5, 0.6) is 0 Å². The van der Waals surface area contributed by atoms with Gasteiger partial charge in [-0.2, -0.15) is 8.75 Å². The van der Waals surface area contributed by atoms with E-state index in [1.165, 1.54) is 17.7 Å². The van der Waals surface area contributed by atoms with Crippen molar-refractivity contribution in [3.05, 3.63) is 33.1 Å². The molecule has 2 N–H and O–H groups in total. The molecule has 1 atom stereocenters. The second kappa shape index (κ2) is 5.18. The van der Waals surface area contributed by atoms with Crippen molar-refractivity contribution >= 4 is 57.3 Å². The third kappa shape index (κ3) is 2.37. The highest BCUT2D eigenvalue weighted by molar-refractivity contribution is 7.15. The summed E-state index contributed by atoms with van der Waals surface area (Å²) < 4.78 is 8.60. The van der Waals surface area contributed by atoms with Crippen molar-refractivity contribution in [2.45, 2.75) is 18.9 Å². The van der Waals surface area contributed by atoms with Gasteiger partial charge >= 0.3 is 0 Å². The topological polar surface area (TPSA) is 51.8 Å². The normalized spacial score (nSPS) is 16.5. The molecular weight excluding hydrogens is 345 g/mol. The van der Waals surface area contributed by atoms with Crippen molar-refractivity contribution in [2.75, 3.05) is 0 Å². The summed E-state index contributed by atoms with van der Waals surface area (Å²) in [6, 6.07) is 6.04. The standard InChI is InChI=1S/C14H11Cl2N3S2/c15-7-5-8(16)13-14(19-21-18-13)11(7)9-3-4-10(20-9)12(17)6-1-2-6/h3-6,12H,1-2,17H2. The molecule has 0 amide bonds. The number of halogens is 2. The van der Waals surface area contributed by atoms with Crippen LogP contribution in [-0.2, 0) is 0 Å². The molecule has 1 saturated carbocycles. The number of hydrogen-bond acceptors (Lipinski definition) is 5. The first-order valence-electron chi connectivity index (χ1n) is 6.61. The van der Waals surface area contributed by atoms with Gasteiger partial charge in [0.1, 0.15) is 11.0 Å². The molecule has 1 aliphatic carbocycles. The SMILES string of the molecule is NC(c1ccc(-c2c(Cl)cc(Cl)c3nsnc23)s1)C1CC1. The predicted octanol–water partition coefficient (Wildman–Crippen LogP) is 5.14. The molecule has 3 aromatic rings. The van der Waals surface area contributed by atoms with E-state index in [0.717, 1.165) is 27.7 Å². The van der Waals surface area contributed by atoms with Crippen LogP contribution in [0.4, 0.5) is 0 Å². The fourth-order valence-corrected chi connectivity index (χ4v) is 4.90. The number of nitrogens with zero attached hydrogens (tertiary/aromatic N) is 2. The monoisotopic (exact) mass is 355 g/mol. The number of aromatic nitrogens is 2. The van der Waals surface area contributed by atoms with Gasteiger partial charge in [-0.1, -0.05) is 23.2 Å². The van der Waals surface area contributed by atoms with Crippen molar-refractivity contribution < 1.29 is 0 Å². The summed E-state index contributed by atoms with van der Waals surface area (Å²) in [6.07, 6.45) is 2.46. The Hall–Kier alpha value is -0.720. The first kappa shape index (κ1) is 13.9. The quantitative estimate of drug-likeness (QED) is 0.707. The van der Waals surface area contributed by atoms with Gasteiger partial charge in [-0.05, 0) is 37.0 Å². The Kier molecular flexibility index (Phi) is 3.43. The molecule has 0 saturated heterocycles. The van der Waals surface area contributed by atoms with Crippen LogP contribution in [-0.4, -0.2) is 8.75 Å². The van der Waals surface area contributed by atoms with Gasteiger partial charge in [-0.3, -0.25) is 0 Å². The Balaban J connectivity index is 1.84. The molecule has 4 rings (SSSR count). The zero-order chi connectivity index (χ0) is 14.6. The highest BCUT2D eigenvalue weighted by atomic mass is 35.5. The molecule has 1 aromatic carbocycles.